The molecular formula is C21H25N3O4. The molecule has 2 aliphatic rings. The molecule has 1 fully saturated rings. The van der Waals surface area contributed by atoms with Gasteiger partial charge in [-0.25, -0.2) is 4.98 Å². The van der Waals surface area contributed by atoms with Crippen LogP contribution in [0.15, 0.2) is 29.1 Å². The van der Waals surface area contributed by atoms with E-state index >= 15 is 0 Å². The van der Waals surface area contributed by atoms with E-state index in [2.05, 4.69) is 22.5 Å². The second-order valence-corrected chi connectivity index (χ2v) is 7.62. The van der Waals surface area contributed by atoms with Crippen molar-refractivity contribution in [2.24, 2.45) is 17.8 Å². The van der Waals surface area contributed by atoms with E-state index in [1.165, 1.54) is 25.2 Å². The topological polar surface area (TPSA) is 82.5 Å². The van der Waals surface area contributed by atoms with Crippen LogP contribution in [0.2, 0.25) is 0 Å². The second-order valence-electron chi connectivity index (χ2n) is 7.62. The zero-order chi connectivity index (χ0) is 19.8. The first-order valence-electron chi connectivity index (χ1n) is 9.58. The maximum atomic E-state index is 13.0. The molecule has 7 heteroatoms. The molecule has 0 spiro atoms. The molecule has 2 aliphatic carbocycles. The van der Waals surface area contributed by atoms with Crippen molar-refractivity contribution in [3.05, 3.63) is 40.5 Å². The highest BCUT2D eigenvalue weighted by molar-refractivity contribution is 5.82. The highest BCUT2D eigenvalue weighted by atomic mass is 16.5. The van der Waals surface area contributed by atoms with Crippen molar-refractivity contribution < 1.29 is 14.3 Å². The highest BCUT2D eigenvalue weighted by Crippen LogP contribution is 2.42. The first-order chi connectivity index (χ1) is 13.5. The normalized spacial score (nSPS) is 22.6. The van der Waals surface area contributed by atoms with Gasteiger partial charge in [0, 0.05) is 12.6 Å². The minimum absolute atomic E-state index is 0.0430. The Kier molecular flexibility index (Phi) is 4.83. The van der Waals surface area contributed by atoms with Crippen molar-refractivity contribution in [2.75, 3.05) is 20.8 Å². The Morgan fingerprint density at radius 2 is 1.96 bits per heavy atom. The molecule has 148 valence electrons. The predicted octanol–water partition coefficient (Wildman–Crippen LogP) is 2.05. The summed E-state index contributed by atoms with van der Waals surface area (Å²) in [4.78, 5) is 29.9. The summed E-state index contributed by atoms with van der Waals surface area (Å²) in [5.41, 5.74) is 0.257. The largest absolute Gasteiger partial charge is 0.493 e. The molecule has 2 bridgehead atoms. The number of benzene rings is 1. The van der Waals surface area contributed by atoms with E-state index in [9.17, 15) is 9.59 Å². The number of nitrogens with zero attached hydrogens (tertiary/aromatic N) is 2. The lowest BCUT2D eigenvalue weighted by molar-refractivity contribution is -0.122. The standard InChI is InChI=1S/C21H25N3O4/c1-12-23-17-9-19(28-3)18(27-2)8-16(17)21(26)24(12)11-20(25)22-10-15-7-13-4-5-14(15)6-13/h4-5,8-9,13-15H,6-7,10-11H2,1-3H3,(H,22,25)/t13-,14+,15-/m0/s1. The fourth-order valence-electron chi connectivity index (χ4n) is 4.42. The molecule has 1 aromatic carbocycles. The summed E-state index contributed by atoms with van der Waals surface area (Å²) in [6.45, 7) is 2.34. The van der Waals surface area contributed by atoms with Gasteiger partial charge in [0.25, 0.3) is 5.56 Å². The van der Waals surface area contributed by atoms with Crippen molar-refractivity contribution in [1.29, 1.82) is 0 Å². The Morgan fingerprint density at radius 1 is 1.21 bits per heavy atom. The van der Waals surface area contributed by atoms with Gasteiger partial charge in [-0.15, -0.1) is 0 Å². The van der Waals surface area contributed by atoms with E-state index in [1.54, 1.807) is 19.1 Å². The van der Waals surface area contributed by atoms with E-state index in [0.29, 0.717) is 52.5 Å². The summed E-state index contributed by atoms with van der Waals surface area (Å²) < 4.78 is 12.0. The molecule has 0 saturated heterocycles. The van der Waals surface area contributed by atoms with E-state index in [4.69, 9.17) is 9.47 Å². The third-order valence-corrected chi connectivity index (χ3v) is 5.93. The van der Waals surface area contributed by atoms with Gasteiger partial charge >= 0.3 is 0 Å². The molecule has 1 saturated carbocycles. The quantitative estimate of drug-likeness (QED) is 0.772. The SMILES string of the molecule is COc1cc2nc(C)n(CC(=O)NC[C@@H]3C[C@H]4C=C[C@@H]3C4)c(=O)c2cc1OC. The molecule has 1 amide bonds. The summed E-state index contributed by atoms with van der Waals surface area (Å²) in [7, 11) is 3.05. The van der Waals surface area contributed by atoms with Crippen LogP contribution >= 0.6 is 0 Å². The monoisotopic (exact) mass is 383 g/mol. The first-order valence-corrected chi connectivity index (χ1v) is 9.58. The molecule has 3 atom stereocenters. The van der Waals surface area contributed by atoms with Gasteiger partial charge in [0.2, 0.25) is 5.91 Å². The molecule has 1 heterocycles. The molecule has 0 radical (unpaired) electrons. The van der Waals surface area contributed by atoms with Crippen LogP contribution in [0.4, 0.5) is 0 Å². The van der Waals surface area contributed by atoms with Crippen LogP contribution in [0.5, 0.6) is 11.5 Å². The average molecular weight is 383 g/mol. The molecule has 0 aliphatic heterocycles. The number of fused-ring (bicyclic) bond motifs is 3. The summed E-state index contributed by atoms with van der Waals surface area (Å²) >= 11 is 0. The van der Waals surface area contributed by atoms with Crippen LogP contribution in [0.3, 0.4) is 0 Å². The van der Waals surface area contributed by atoms with Gasteiger partial charge in [-0.2, -0.15) is 0 Å². The van der Waals surface area contributed by atoms with Crippen LogP contribution in [-0.2, 0) is 11.3 Å². The number of carbonyl (C=O) groups excluding carboxylic acids is 1. The van der Waals surface area contributed by atoms with Crippen LogP contribution in [0.25, 0.3) is 10.9 Å². The molecule has 4 rings (SSSR count). The van der Waals surface area contributed by atoms with Crippen LogP contribution in [-0.4, -0.2) is 36.2 Å². The van der Waals surface area contributed by atoms with Gasteiger partial charge in [-0.05, 0) is 43.6 Å². The molecule has 2 aromatic rings. The summed E-state index contributed by atoms with van der Waals surface area (Å²) in [5.74, 6) is 3.05. The molecule has 0 unspecified atom stereocenters. The number of aromatic nitrogens is 2. The number of hydrogen-bond acceptors (Lipinski definition) is 5. The van der Waals surface area contributed by atoms with E-state index in [-0.39, 0.29) is 18.0 Å². The van der Waals surface area contributed by atoms with Gasteiger partial charge in [0.1, 0.15) is 12.4 Å². The third kappa shape index (κ3) is 3.25. The zero-order valence-corrected chi connectivity index (χ0v) is 16.4. The summed E-state index contributed by atoms with van der Waals surface area (Å²) in [6.07, 6.45) is 6.91. The number of aryl methyl sites for hydroxylation is 1. The Hall–Kier alpha value is -2.83. The molecule has 28 heavy (non-hydrogen) atoms. The van der Waals surface area contributed by atoms with E-state index in [0.717, 1.165) is 6.42 Å². The van der Waals surface area contributed by atoms with Gasteiger partial charge in [-0.1, -0.05) is 12.2 Å². The zero-order valence-electron chi connectivity index (χ0n) is 16.4. The number of allylic oxidation sites excluding steroid dienone is 2. The fourth-order valence-corrected chi connectivity index (χ4v) is 4.42. The summed E-state index contributed by atoms with van der Waals surface area (Å²) in [5, 5.41) is 3.39. The predicted molar refractivity (Wildman–Crippen MR) is 106 cm³/mol. The molecular weight excluding hydrogens is 358 g/mol. The van der Waals surface area contributed by atoms with Crippen molar-refractivity contribution >= 4 is 16.8 Å². The maximum absolute atomic E-state index is 13.0. The molecule has 1 N–H and O–H groups in total. The van der Waals surface area contributed by atoms with Gasteiger partial charge in [0.05, 0.1) is 25.1 Å². The Balaban J connectivity index is 1.53. The lowest BCUT2D eigenvalue weighted by atomic mass is 9.94. The average Bonchev–Trinajstić information content (AvgIpc) is 3.32. The number of nitrogens with one attached hydrogen (secondary N) is 1. The molecule has 1 aromatic heterocycles. The number of carbonyl (C=O) groups is 1. The van der Waals surface area contributed by atoms with E-state index in [1.807, 2.05) is 0 Å². The van der Waals surface area contributed by atoms with Gasteiger partial charge in [-0.3, -0.25) is 14.2 Å². The minimum atomic E-state index is -0.263. The minimum Gasteiger partial charge on any atom is -0.493 e. The molecule has 7 nitrogen and oxygen atoms in total. The second kappa shape index (κ2) is 7.30. The number of rotatable bonds is 6. The number of methoxy groups -OCH3 is 2. The highest BCUT2D eigenvalue weighted by Gasteiger charge is 2.35. The smallest absolute Gasteiger partial charge is 0.262 e. The maximum Gasteiger partial charge on any atom is 0.262 e. The lowest BCUT2D eigenvalue weighted by Crippen LogP contribution is -2.37. The number of hydrogen-bond donors (Lipinski definition) is 1. The van der Waals surface area contributed by atoms with Crippen LogP contribution < -0.4 is 20.3 Å². The van der Waals surface area contributed by atoms with Gasteiger partial charge in [0.15, 0.2) is 11.5 Å². The number of amides is 1. The Bertz CT molecular complexity index is 1010. The van der Waals surface area contributed by atoms with Crippen LogP contribution in [0, 0.1) is 24.7 Å². The van der Waals surface area contributed by atoms with Crippen molar-refractivity contribution in [2.45, 2.75) is 26.3 Å². The van der Waals surface area contributed by atoms with Crippen molar-refractivity contribution in [1.82, 2.24) is 14.9 Å². The fraction of sp³-hybridized carbons (Fsp3) is 0.476. The van der Waals surface area contributed by atoms with Crippen molar-refractivity contribution in [3.63, 3.8) is 0 Å². The first kappa shape index (κ1) is 18.5. The number of ether oxygens (including phenoxy) is 2. The van der Waals surface area contributed by atoms with Crippen LogP contribution in [0.1, 0.15) is 18.7 Å². The Morgan fingerprint density at radius 3 is 2.61 bits per heavy atom. The van der Waals surface area contributed by atoms with Crippen molar-refractivity contribution in [3.8, 4) is 11.5 Å². The third-order valence-electron chi connectivity index (χ3n) is 5.93. The Labute approximate surface area is 163 Å². The van der Waals surface area contributed by atoms with Gasteiger partial charge < -0.3 is 14.8 Å². The van der Waals surface area contributed by atoms with E-state index < -0.39 is 0 Å². The lowest BCUT2D eigenvalue weighted by Gasteiger charge is -2.19. The summed E-state index contributed by atoms with van der Waals surface area (Å²) in [6, 6.07) is 3.29.